The van der Waals surface area contributed by atoms with Gasteiger partial charge >= 0.3 is 5.97 Å². The Morgan fingerprint density at radius 3 is 3.19 bits per heavy atom. The summed E-state index contributed by atoms with van der Waals surface area (Å²) in [5.41, 5.74) is 8.03. The van der Waals surface area contributed by atoms with Crippen molar-refractivity contribution in [2.45, 2.75) is 5.16 Å². The average Bonchev–Trinajstić information content (AvgIpc) is 2.67. The minimum atomic E-state index is -0.273. The van der Waals surface area contributed by atoms with Gasteiger partial charge in [0.2, 0.25) is 0 Å². The Kier molecular flexibility index (Phi) is 3.00. The van der Waals surface area contributed by atoms with Gasteiger partial charge in [0, 0.05) is 5.69 Å². The molecule has 1 heterocycles. The molecule has 0 fully saturated rings. The van der Waals surface area contributed by atoms with E-state index in [4.69, 9.17) is 5.73 Å². The van der Waals surface area contributed by atoms with Gasteiger partial charge in [0.1, 0.15) is 0 Å². The van der Waals surface area contributed by atoms with E-state index in [1.54, 1.807) is 6.07 Å². The van der Waals surface area contributed by atoms with Crippen molar-refractivity contribution in [1.29, 1.82) is 0 Å². The molecular weight excluding hydrogens is 226 g/mol. The van der Waals surface area contributed by atoms with Gasteiger partial charge in [-0.15, -0.1) is 0 Å². The van der Waals surface area contributed by atoms with E-state index >= 15 is 0 Å². The van der Waals surface area contributed by atoms with E-state index in [0.29, 0.717) is 10.8 Å². The molecule has 0 saturated carbocycles. The van der Waals surface area contributed by atoms with Crippen molar-refractivity contribution in [2.24, 2.45) is 0 Å². The third-order valence-electron chi connectivity index (χ3n) is 2.04. The summed E-state index contributed by atoms with van der Waals surface area (Å²) < 4.78 is 4.54. The molecule has 0 aliphatic heterocycles. The first-order valence-electron chi connectivity index (χ1n) is 4.64. The zero-order chi connectivity index (χ0) is 11.5. The van der Waals surface area contributed by atoms with Crippen molar-refractivity contribution in [2.75, 3.05) is 18.6 Å². The van der Waals surface area contributed by atoms with E-state index in [2.05, 4.69) is 14.7 Å². The Bertz CT molecular complexity index is 524. The Morgan fingerprint density at radius 1 is 1.62 bits per heavy atom. The van der Waals surface area contributed by atoms with Crippen LogP contribution in [0.15, 0.2) is 23.4 Å². The average molecular weight is 237 g/mol. The summed E-state index contributed by atoms with van der Waals surface area (Å²) in [7, 11) is 1.36. The number of ether oxygens (including phenoxy) is 1. The molecule has 0 aliphatic carbocycles. The second-order valence-corrected chi connectivity index (χ2v) is 4.15. The van der Waals surface area contributed by atoms with E-state index in [1.165, 1.54) is 18.9 Å². The monoisotopic (exact) mass is 237 g/mol. The number of rotatable bonds is 3. The summed E-state index contributed by atoms with van der Waals surface area (Å²) in [5, 5.41) is 0.686. The summed E-state index contributed by atoms with van der Waals surface area (Å²) in [6.45, 7) is 0. The summed E-state index contributed by atoms with van der Waals surface area (Å²) >= 11 is 1.30. The van der Waals surface area contributed by atoms with E-state index in [9.17, 15) is 4.79 Å². The highest BCUT2D eigenvalue weighted by molar-refractivity contribution is 7.99. The van der Waals surface area contributed by atoms with Crippen LogP contribution in [0.1, 0.15) is 0 Å². The zero-order valence-corrected chi connectivity index (χ0v) is 9.50. The number of esters is 1. The van der Waals surface area contributed by atoms with Gasteiger partial charge in [-0.3, -0.25) is 4.79 Å². The molecule has 0 bridgehead atoms. The topological polar surface area (TPSA) is 81.0 Å². The molecule has 2 rings (SSSR count). The van der Waals surface area contributed by atoms with Crippen LogP contribution < -0.4 is 5.73 Å². The van der Waals surface area contributed by atoms with Gasteiger partial charge in [-0.05, 0) is 18.2 Å². The molecule has 1 aromatic heterocycles. The van der Waals surface area contributed by atoms with Crippen LogP contribution in [0, 0.1) is 0 Å². The summed E-state index contributed by atoms with van der Waals surface area (Å²) in [6, 6.07) is 5.44. The molecule has 16 heavy (non-hydrogen) atoms. The Morgan fingerprint density at radius 2 is 2.44 bits per heavy atom. The van der Waals surface area contributed by atoms with Crippen molar-refractivity contribution in [3.05, 3.63) is 18.2 Å². The van der Waals surface area contributed by atoms with Gasteiger partial charge < -0.3 is 15.5 Å². The number of fused-ring (bicyclic) bond motifs is 1. The first kappa shape index (κ1) is 10.8. The molecule has 2 aromatic rings. The third-order valence-corrected chi connectivity index (χ3v) is 2.89. The maximum absolute atomic E-state index is 10.9. The standard InChI is InChI=1S/C10H11N3O2S/c1-15-9(14)5-16-10-12-7-3-2-6(11)4-8(7)13-10/h2-4H,5,11H2,1H3,(H,12,13). The number of thioether (sulfide) groups is 1. The number of nitrogen functional groups attached to an aromatic ring is 1. The molecule has 1 aromatic carbocycles. The molecule has 5 nitrogen and oxygen atoms in total. The number of carbonyl (C=O) groups excluding carboxylic acids is 1. The maximum Gasteiger partial charge on any atom is 0.316 e. The normalized spacial score (nSPS) is 10.6. The second kappa shape index (κ2) is 4.44. The number of methoxy groups -OCH3 is 1. The number of nitrogens with one attached hydrogen (secondary N) is 1. The fourth-order valence-electron chi connectivity index (χ4n) is 1.26. The Hall–Kier alpha value is -1.69. The van der Waals surface area contributed by atoms with Crippen LogP contribution in [0.5, 0.6) is 0 Å². The molecule has 3 N–H and O–H groups in total. The van der Waals surface area contributed by atoms with Crippen LogP contribution in [0.4, 0.5) is 5.69 Å². The van der Waals surface area contributed by atoms with Crippen LogP contribution in [-0.4, -0.2) is 28.8 Å². The first-order chi connectivity index (χ1) is 7.69. The molecule has 0 unspecified atom stereocenters. The third kappa shape index (κ3) is 2.27. The molecule has 0 radical (unpaired) electrons. The summed E-state index contributed by atoms with van der Waals surface area (Å²) in [4.78, 5) is 18.3. The number of anilines is 1. The molecule has 0 spiro atoms. The van der Waals surface area contributed by atoms with Gasteiger partial charge in [-0.1, -0.05) is 11.8 Å². The highest BCUT2D eigenvalue weighted by Gasteiger charge is 2.06. The number of carbonyl (C=O) groups is 1. The SMILES string of the molecule is COC(=O)CSc1nc2ccc(N)cc2[nH]1. The Balaban J connectivity index is 2.16. The number of hydrogen-bond acceptors (Lipinski definition) is 5. The van der Waals surface area contributed by atoms with Crippen molar-refractivity contribution < 1.29 is 9.53 Å². The van der Waals surface area contributed by atoms with Gasteiger partial charge in [0.25, 0.3) is 0 Å². The first-order valence-corrected chi connectivity index (χ1v) is 5.62. The minimum absolute atomic E-state index is 0.242. The van der Waals surface area contributed by atoms with E-state index in [1.807, 2.05) is 12.1 Å². The number of H-pyrrole nitrogens is 1. The van der Waals surface area contributed by atoms with Crippen molar-refractivity contribution >= 4 is 34.5 Å². The predicted octanol–water partition coefficient (Wildman–Crippen LogP) is 1.41. The second-order valence-electron chi connectivity index (χ2n) is 3.18. The quantitative estimate of drug-likeness (QED) is 0.479. The lowest BCUT2D eigenvalue weighted by molar-refractivity contribution is -0.137. The zero-order valence-electron chi connectivity index (χ0n) is 8.69. The fourth-order valence-corrected chi connectivity index (χ4v) is 1.98. The van der Waals surface area contributed by atoms with Gasteiger partial charge in [-0.25, -0.2) is 4.98 Å². The number of nitrogens with zero attached hydrogens (tertiary/aromatic N) is 1. The fraction of sp³-hybridized carbons (Fsp3) is 0.200. The highest BCUT2D eigenvalue weighted by Crippen LogP contribution is 2.20. The number of aromatic amines is 1. The van der Waals surface area contributed by atoms with Crippen LogP contribution in [0.3, 0.4) is 0 Å². The van der Waals surface area contributed by atoms with Crippen LogP contribution in [0.2, 0.25) is 0 Å². The molecule has 0 amide bonds. The van der Waals surface area contributed by atoms with E-state index < -0.39 is 0 Å². The number of benzene rings is 1. The number of hydrogen-bond donors (Lipinski definition) is 2. The van der Waals surface area contributed by atoms with Gasteiger partial charge in [0.05, 0.1) is 23.9 Å². The smallest absolute Gasteiger partial charge is 0.316 e. The molecule has 6 heteroatoms. The highest BCUT2D eigenvalue weighted by atomic mass is 32.2. The lowest BCUT2D eigenvalue weighted by Gasteiger charge is -1.95. The van der Waals surface area contributed by atoms with Crippen molar-refractivity contribution in [1.82, 2.24) is 9.97 Å². The van der Waals surface area contributed by atoms with E-state index in [0.717, 1.165) is 11.0 Å². The van der Waals surface area contributed by atoms with Crippen LogP contribution in [0.25, 0.3) is 11.0 Å². The number of nitrogens with two attached hydrogens (primary N) is 1. The van der Waals surface area contributed by atoms with E-state index in [-0.39, 0.29) is 11.7 Å². The molecule has 0 aliphatic rings. The molecule has 0 atom stereocenters. The lowest BCUT2D eigenvalue weighted by Crippen LogP contribution is -2.02. The van der Waals surface area contributed by atoms with Gasteiger partial charge in [0.15, 0.2) is 5.16 Å². The molecular formula is C10H11N3O2S. The summed E-state index contributed by atoms with van der Waals surface area (Å²) in [5.74, 6) is -0.0313. The largest absolute Gasteiger partial charge is 0.468 e. The van der Waals surface area contributed by atoms with Crippen LogP contribution in [-0.2, 0) is 9.53 Å². The summed E-state index contributed by atoms with van der Waals surface area (Å²) in [6.07, 6.45) is 0. The van der Waals surface area contributed by atoms with Crippen LogP contribution >= 0.6 is 11.8 Å². The molecule has 84 valence electrons. The minimum Gasteiger partial charge on any atom is -0.468 e. The number of imidazole rings is 1. The van der Waals surface area contributed by atoms with Crippen molar-refractivity contribution in [3.8, 4) is 0 Å². The lowest BCUT2D eigenvalue weighted by atomic mass is 10.3. The Labute approximate surface area is 96.4 Å². The molecule has 0 saturated heterocycles. The van der Waals surface area contributed by atoms with Gasteiger partial charge in [-0.2, -0.15) is 0 Å². The predicted molar refractivity (Wildman–Crippen MR) is 63.2 cm³/mol. The number of aromatic nitrogens is 2. The maximum atomic E-state index is 10.9. The van der Waals surface area contributed by atoms with Crippen molar-refractivity contribution in [3.63, 3.8) is 0 Å².